The number of rotatable bonds is 16. The molecule has 20 heteroatoms. The van der Waals surface area contributed by atoms with E-state index in [1.54, 1.807) is 73.5 Å². The van der Waals surface area contributed by atoms with Crippen molar-refractivity contribution in [3.63, 3.8) is 0 Å². The molecule has 3 amide bonds. The van der Waals surface area contributed by atoms with Crippen molar-refractivity contribution in [3.8, 4) is 34.4 Å². The third kappa shape index (κ3) is 21.2. The minimum Gasteiger partial charge on any atom is -0.508 e. The first-order valence-electron chi connectivity index (χ1n) is 40.5. The second-order valence-electron chi connectivity index (χ2n) is 30.6. The van der Waals surface area contributed by atoms with Crippen molar-refractivity contribution in [3.05, 3.63) is 439 Å². The molecule has 1 unspecified atom stereocenters. The number of halogens is 1. The molecule has 18 nitrogen and oxygen atoms in total. The van der Waals surface area contributed by atoms with E-state index in [1.165, 1.54) is 29.2 Å². The van der Waals surface area contributed by atoms with Gasteiger partial charge in [0.1, 0.15) is 22.8 Å². The first-order valence-corrected chi connectivity index (χ1v) is 42.3. The molecule has 618 valence electrons. The van der Waals surface area contributed by atoms with Crippen LogP contribution in [0.4, 0.5) is 33.2 Å². The van der Waals surface area contributed by atoms with Gasteiger partial charge in [-0.2, -0.15) is 0 Å². The Labute approximate surface area is 734 Å². The Morgan fingerprint density at radius 2 is 1.25 bits per heavy atom. The van der Waals surface area contributed by atoms with E-state index in [4.69, 9.17) is 9.47 Å². The van der Waals surface area contributed by atoms with Crippen molar-refractivity contribution in [1.29, 1.82) is 0 Å². The van der Waals surface area contributed by atoms with Gasteiger partial charge >= 0.3 is 16.7 Å². The molecule has 0 saturated heterocycles. The van der Waals surface area contributed by atoms with Gasteiger partial charge < -0.3 is 40.8 Å². The van der Waals surface area contributed by atoms with E-state index in [2.05, 4.69) is 102 Å². The fourth-order valence-corrected chi connectivity index (χ4v) is 16.5. The van der Waals surface area contributed by atoms with Gasteiger partial charge in [0.15, 0.2) is 11.6 Å². The summed E-state index contributed by atoms with van der Waals surface area (Å²) in [6.07, 6.45) is 7.88. The van der Waals surface area contributed by atoms with E-state index in [-0.39, 0.29) is 62.8 Å². The lowest BCUT2D eigenvalue weighted by molar-refractivity contribution is -0.446. The molecule has 14 aromatic carbocycles. The second kappa shape index (κ2) is 39.5. The number of nitrogens with one attached hydrogen (secondary N) is 7. The number of methoxy groups -OCH3 is 1. The Morgan fingerprint density at radius 3 is 2.01 bits per heavy atom. The zero-order chi connectivity index (χ0) is 86.8. The third-order valence-electron chi connectivity index (χ3n) is 21.2. The Bertz CT molecular complexity index is 6800. The molecule has 3 aliphatic rings. The number of phenols is 1. The molecule has 2 atom stereocenters. The monoisotopic (exact) mass is 1730 g/mol. The van der Waals surface area contributed by atoms with E-state index in [0.29, 0.717) is 45.7 Å². The fourth-order valence-electron chi connectivity index (χ4n) is 15.3. The van der Waals surface area contributed by atoms with Crippen LogP contribution in [0.1, 0.15) is 93.5 Å². The number of carbonyl (C=O) groups excluding carboxylic acids is 4. The highest BCUT2D eigenvalue weighted by atomic mass is 79.9. The number of anilines is 4. The lowest BCUT2D eigenvalue weighted by Crippen LogP contribution is -2.33. The van der Waals surface area contributed by atoms with Gasteiger partial charge in [-0.05, 0) is 170 Å². The van der Waals surface area contributed by atoms with Gasteiger partial charge in [-0.1, -0.05) is 291 Å². The smallest absolute Gasteiger partial charge is 0.344 e. The van der Waals surface area contributed by atoms with Crippen LogP contribution in [-0.2, 0) is 15.3 Å². The van der Waals surface area contributed by atoms with Gasteiger partial charge in [0.2, 0.25) is 5.91 Å². The quantitative estimate of drug-likeness (QED) is 0.0119. The Morgan fingerprint density at radius 1 is 0.600 bits per heavy atom. The standard InChI is InChI=1S/C25H22BrNO2.C24H18N2O2S.C24H19NO2.C18H16N2O2.C14H10N2O2/c1-25(2)12-18-22-16-6-4-3-5-14(16)7-9-19(22)27-24(23(18)21(29)13-25)17-11-15(26)8-10-20(17)28;27-22-21-20(17-11-5-2-6-12-17)18-13-7-8-14-19(18)28-23(21)26-24(25-22)29-15-16-9-3-1-4-10-16;26-23(21-11-5-2-6-12-21)16-14-20-10-7-13-22(18-20)25-24(27)17-15-19-8-3-1-4-9-19;1-22-17-9-5-4-8-16(17)20-18(21)19-15-11-10-13-6-2-3-7-14(13)12-15;17-16(18)12-6-7-13-11(8-12)9-14(15-13)10-4-2-1-3-5-10/h3-11,24,27-28H,12-13H2,1-2H3;1-14,20H,15H2,(H,25,26,27);1-18H,(H,25,27);2-12H,1H3,(H2,19,20,21);1-9,15H/p+1/b;;16-14+,17-15+;;/t;20-;;;/m.1.../s1. The van der Waals surface area contributed by atoms with Crippen molar-refractivity contribution < 1.29 is 43.7 Å². The highest BCUT2D eigenvalue weighted by Crippen LogP contribution is 2.53. The lowest BCUT2D eigenvalue weighted by Gasteiger charge is -2.40. The number of H-pyrrole nitrogens is 3. The highest BCUT2D eigenvalue weighted by Gasteiger charge is 2.42. The number of aromatic hydroxyl groups is 1. The number of ether oxygens (including phenoxy) is 2. The molecule has 2 aliphatic heterocycles. The van der Waals surface area contributed by atoms with Gasteiger partial charge in [0, 0.05) is 96.3 Å². The number of Topliss-reactive ketones (excluding diaryl/α,β-unsaturated/α-hetero) is 1. The summed E-state index contributed by atoms with van der Waals surface area (Å²) in [6.45, 7) is 4.32. The van der Waals surface area contributed by atoms with E-state index < -0.39 is 0 Å². The Balaban J connectivity index is 0.000000122. The largest absolute Gasteiger partial charge is 0.508 e. The van der Waals surface area contributed by atoms with Crippen LogP contribution in [0.15, 0.2) is 378 Å². The van der Waals surface area contributed by atoms with Crippen molar-refractivity contribution in [1.82, 2.24) is 9.97 Å². The zero-order valence-corrected chi connectivity index (χ0v) is 70.8. The number of nitrogens with zero attached hydrogens (tertiary/aromatic N) is 1. The number of nitro groups is 1. The average molecular weight is 1730 g/mol. The van der Waals surface area contributed by atoms with Gasteiger partial charge in [-0.3, -0.25) is 24.5 Å². The number of urea groups is 1. The molecular weight excluding hydrogens is 1650 g/mol. The number of non-ortho nitro benzene ring substituents is 1. The molecule has 16 aromatic rings. The van der Waals surface area contributed by atoms with Gasteiger partial charge in [0.05, 0.1) is 29.7 Å². The molecule has 125 heavy (non-hydrogen) atoms. The van der Waals surface area contributed by atoms with Crippen LogP contribution in [-0.4, -0.2) is 50.6 Å². The summed E-state index contributed by atoms with van der Waals surface area (Å²) < 4.78 is 12.2. The molecule has 19 rings (SSSR count). The summed E-state index contributed by atoms with van der Waals surface area (Å²) >= 11 is 5.06. The topological polar surface area (TPSA) is 261 Å². The summed E-state index contributed by atoms with van der Waals surface area (Å²) in [4.78, 5) is 82.7. The summed E-state index contributed by atoms with van der Waals surface area (Å²) in [7, 11) is 1.57. The normalized spacial score (nSPS) is 13.8. The minimum absolute atomic E-state index is 0.0594. The summed E-state index contributed by atoms with van der Waals surface area (Å²) in [6, 6.07) is 109. The highest BCUT2D eigenvalue weighted by molar-refractivity contribution is 9.10. The van der Waals surface area contributed by atoms with Gasteiger partial charge in [0.25, 0.3) is 11.6 Å². The molecule has 0 spiro atoms. The summed E-state index contributed by atoms with van der Waals surface area (Å²) in [5, 5.41) is 39.4. The van der Waals surface area contributed by atoms with Crippen LogP contribution in [0.2, 0.25) is 0 Å². The second-order valence-corrected chi connectivity index (χ2v) is 32.5. The maximum absolute atomic E-state index is 13.4. The molecule has 8 N–H and O–H groups in total. The van der Waals surface area contributed by atoms with Crippen LogP contribution in [0.25, 0.3) is 61.4 Å². The number of benzene rings is 14. The van der Waals surface area contributed by atoms with Crippen LogP contribution >= 0.6 is 27.7 Å². The summed E-state index contributed by atoms with van der Waals surface area (Å²) in [5.74, 6) is 2.57. The number of fused-ring (bicyclic) bond motifs is 8. The third-order valence-corrected chi connectivity index (χ3v) is 22.7. The number of allylic oxidation sites excluding steroid dienone is 2. The molecule has 2 aromatic heterocycles. The number of aromatic nitrogens is 3. The number of para-hydroxylation sites is 3. The van der Waals surface area contributed by atoms with Crippen LogP contribution in [0.5, 0.6) is 23.1 Å². The van der Waals surface area contributed by atoms with Gasteiger partial charge in [-0.25, -0.2) is 19.6 Å². The average Bonchev–Trinajstić information content (AvgIpc) is 1.25. The van der Waals surface area contributed by atoms with Crippen LogP contribution in [0.3, 0.4) is 0 Å². The maximum atomic E-state index is 13.4. The van der Waals surface area contributed by atoms with E-state index in [1.807, 2.05) is 261 Å². The Hall–Kier alpha value is -15.3. The maximum Gasteiger partial charge on any atom is 0.344 e. The number of hydrogen-bond donors (Lipinski definition) is 7. The minimum atomic E-state index is -0.380. The lowest BCUT2D eigenvalue weighted by atomic mass is 9.68. The Kier molecular flexibility index (Phi) is 26.8. The predicted octanol–water partition coefficient (Wildman–Crippen LogP) is 24.9. The van der Waals surface area contributed by atoms with Crippen LogP contribution in [0, 0.1) is 15.5 Å². The van der Waals surface area contributed by atoms with Crippen molar-refractivity contribution in [2.75, 3.05) is 28.4 Å². The molecular formula is C105H86BrN8O10S+. The number of ketones is 2. The molecule has 0 fully saturated rings. The number of amides is 3. The number of hydrogen-bond acceptors (Lipinski definition) is 12. The van der Waals surface area contributed by atoms with Crippen molar-refractivity contribution >= 4 is 130 Å². The number of nitro benzene ring substituents is 1. The van der Waals surface area contributed by atoms with Gasteiger partial charge in [-0.15, -0.1) is 0 Å². The number of thioether (sulfide) groups is 1. The first kappa shape index (κ1) is 84.8. The number of phenolic OH excluding ortho intramolecular Hbond substituents is 1. The molecule has 1 aliphatic carbocycles. The van der Waals surface area contributed by atoms with Crippen molar-refractivity contribution in [2.45, 2.75) is 49.6 Å². The molecule has 4 heterocycles. The number of carbonyl (C=O) groups is 4. The van der Waals surface area contributed by atoms with Crippen molar-refractivity contribution in [2.24, 2.45) is 5.41 Å². The molecule has 0 saturated carbocycles. The number of aromatic amines is 3. The molecule has 0 bridgehead atoms. The molecule has 0 radical (unpaired) electrons. The first-order chi connectivity index (χ1) is 60.8. The van der Waals surface area contributed by atoms with E-state index >= 15 is 0 Å². The van der Waals surface area contributed by atoms with E-state index in [9.17, 15) is 39.2 Å². The van der Waals surface area contributed by atoms with Crippen LogP contribution < -0.4 is 41.3 Å². The SMILES string of the molecule is CC1(C)CC(=O)C2=C(C1)c1c(ccc3ccccc13)NC2c1cc(Br)ccc1O.COc1ccccc1NC(=O)Nc1ccc2ccccc2c1.O=C(/C=C/c1ccccc1)Nc1cccc(/C=C/C(=O)c2ccccc2)c1.O=[N+]([O-])c1ccc2[nH]c(-c3ccccc3)cc2c1.O=c1[nH]c(SCc2ccccc2)[nH+]c2c1[C@H](c1ccccc1)c1ccccc1O2. The fraction of sp³-hybridized carbons (Fsp3) is 0.0857. The van der Waals surface area contributed by atoms with E-state index in [0.717, 1.165) is 117 Å². The summed E-state index contributed by atoms with van der Waals surface area (Å²) in [5.41, 5.74) is 15.9. The predicted molar refractivity (Wildman–Crippen MR) is 505 cm³/mol. The zero-order valence-electron chi connectivity index (χ0n) is 68.3.